The molecule has 7 nitrogen and oxygen atoms in total. The van der Waals surface area contributed by atoms with Crippen molar-refractivity contribution in [1.82, 2.24) is 15.2 Å². The molecule has 2 fully saturated rings. The van der Waals surface area contributed by atoms with Crippen LogP contribution in [0.4, 0.5) is 10.9 Å². The average Bonchev–Trinajstić information content (AvgIpc) is 2.90. The summed E-state index contributed by atoms with van der Waals surface area (Å²) in [4.78, 5) is 21.3. The fraction of sp³-hybridized carbons (Fsp3) is 0.692. The van der Waals surface area contributed by atoms with Gasteiger partial charge in [-0.2, -0.15) is 0 Å². The molecular weight excluding hydrogens is 290 g/mol. The summed E-state index contributed by atoms with van der Waals surface area (Å²) in [6.07, 6.45) is 0.980. The van der Waals surface area contributed by atoms with Crippen LogP contribution in [0.3, 0.4) is 0 Å². The molecule has 21 heavy (non-hydrogen) atoms. The first-order chi connectivity index (χ1) is 10.1. The van der Waals surface area contributed by atoms with Crippen LogP contribution >= 0.6 is 11.3 Å². The molecule has 2 saturated heterocycles. The predicted molar refractivity (Wildman–Crippen MR) is 82.8 cm³/mol. The number of aliphatic hydroxyl groups excluding tert-OH is 1. The predicted octanol–water partition coefficient (Wildman–Crippen LogP) is -0.268. The molecule has 0 unspecified atom stereocenters. The lowest BCUT2D eigenvalue weighted by Crippen LogP contribution is -2.43. The minimum atomic E-state index is -0.288. The third-order valence-electron chi connectivity index (χ3n) is 3.98. The van der Waals surface area contributed by atoms with E-state index in [9.17, 15) is 9.90 Å². The van der Waals surface area contributed by atoms with E-state index in [1.165, 1.54) is 11.3 Å². The normalized spacial score (nSPS) is 20.8. The van der Waals surface area contributed by atoms with Crippen LogP contribution in [0.15, 0.2) is 0 Å². The number of piperidine rings is 1. The number of carbonyl (C=O) groups is 1. The van der Waals surface area contributed by atoms with Gasteiger partial charge >= 0.3 is 0 Å². The van der Waals surface area contributed by atoms with Crippen molar-refractivity contribution in [2.24, 2.45) is 0 Å². The number of nitrogen functional groups attached to an aromatic ring is 1. The SMILES string of the molecule is Nc1nc(N2CCNCC2)sc1C(=O)N1CCC(O)CC1. The van der Waals surface area contributed by atoms with E-state index >= 15 is 0 Å². The van der Waals surface area contributed by atoms with Crippen molar-refractivity contribution in [3.05, 3.63) is 4.88 Å². The number of hydrogen-bond donors (Lipinski definition) is 3. The van der Waals surface area contributed by atoms with Crippen LogP contribution in [0, 0.1) is 0 Å². The number of piperazine rings is 1. The van der Waals surface area contributed by atoms with Crippen molar-refractivity contribution in [3.63, 3.8) is 0 Å². The Bertz CT molecular complexity index is 507. The molecule has 2 aliphatic heterocycles. The molecule has 2 aliphatic rings. The second-order valence-electron chi connectivity index (χ2n) is 5.47. The van der Waals surface area contributed by atoms with Crippen LogP contribution in [0.2, 0.25) is 0 Å². The zero-order valence-corrected chi connectivity index (χ0v) is 12.7. The van der Waals surface area contributed by atoms with Crippen LogP contribution in [0.25, 0.3) is 0 Å². The molecule has 3 rings (SSSR count). The third kappa shape index (κ3) is 3.12. The Morgan fingerprint density at radius 2 is 1.95 bits per heavy atom. The Morgan fingerprint density at radius 1 is 1.29 bits per heavy atom. The molecular formula is C13H21N5O2S. The summed E-state index contributed by atoms with van der Waals surface area (Å²) in [7, 11) is 0. The first-order valence-electron chi connectivity index (χ1n) is 7.34. The monoisotopic (exact) mass is 311 g/mol. The number of aromatic nitrogens is 1. The molecule has 4 N–H and O–H groups in total. The topological polar surface area (TPSA) is 94.7 Å². The van der Waals surface area contributed by atoms with Crippen LogP contribution in [0.1, 0.15) is 22.5 Å². The first-order valence-corrected chi connectivity index (χ1v) is 8.16. The molecule has 0 saturated carbocycles. The molecule has 1 aromatic rings. The minimum Gasteiger partial charge on any atom is -0.393 e. The molecule has 0 aromatic carbocycles. The van der Waals surface area contributed by atoms with Gasteiger partial charge in [-0.05, 0) is 12.8 Å². The van der Waals surface area contributed by atoms with Gasteiger partial charge in [0.2, 0.25) is 0 Å². The lowest BCUT2D eigenvalue weighted by Gasteiger charge is -2.29. The number of anilines is 2. The van der Waals surface area contributed by atoms with Crippen molar-refractivity contribution < 1.29 is 9.90 Å². The van der Waals surface area contributed by atoms with Gasteiger partial charge in [0.25, 0.3) is 5.91 Å². The molecule has 0 radical (unpaired) electrons. The maximum Gasteiger partial charge on any atom is 0.267 e. The van der Waals surface area contributed by atoms with Gasteiger partial charge in [0.1, 0.15) is 10.7 Å². The maximum absolute atomic E-state index is 12.5. The van der Waals surface area contributed by atoms with E-state index in [0.29, 0.717) is 36.6 Å². The second kappa shape index (κ2) is 6.17. The number of amides is 1. The lowest BCUT2D eigenvalue weighted by molar-refractivity contribution is 0.0551. The summed E-state index contributed by atoms with van der Waals surface area (Å²) >= 11 is 1.38. The number of nitrogens with two attached hydrogens (primary N) is 1. The highest BCUT2D eigenvalue weighted by atomic mass is 32.1. The van der Waals surface area contributed by atoms with Crippen molar-refractivity contribution in [1.29, 1.82) is 0 Å². The Balaban J connectivity index is 1.72. The number of nitrogens with one attached hydrogen (secondary N) is 1. The molecule has 8 heteroatoms. The van der Waals surface area contributed by atoms with Gasteiger partial charge in [-0.25, -0.2) is 4.98 Å². The number of aliphatic hydroxyl groups is 1. The zero-order valence-electron chi connectivity index (χ0n) is 11.9. The smallest absolute Gasteiger partial charge is 0.267 e. The van der Waals surface area contributed by atoms with E-state index in [0.717, 1.165) is 31.3 Å². The van der Waals surface area contributed by atoms with Crippen molar-refractivity contribution in [3.8, 4) is 0 Å². The van der Waals surface area contributed by atoms with E-state index in [-0.39, 0.29) is 12.0 Å². The van der Waals surface area contributed by atoms with Crippen molar-refractivity contribution in [2.45, 2.75) is 18.9 Å². The van der Waals surface area contributed by atoms with E-state index in [4.69, 9.17) is 5.73 Å². The highest BCUT2D eigenvalue weighted by Crippen LogP contribution is 2.30. The highest BCUT2D eigenvalue weighted by Gasteiger charge is 2.27. The standard InChI is InChI=1S/C13H21N5O2S/c14-11-10(12(20)17-5-1-9(19)2-6-17)21-13(16-11)18-7-3-15-4-8-18/h9,15,19H,1-8,14H2. The molecule has 3 heterocycles. The van der Waals surface area contributed by atoms with Gasteiger partial charge in [-0.1, -0.05) is 11.3 Å². The first kappa shape index (κ1) is 14.6. The quantitative estimate of drug-likeness (QED) is 0.696. The molecule has 1 amide bonds. The second-order valence-corrected chi connectivity index (χ2v) is 6.45. The Labute approximate surface area is 127 Å². The van der Waals surface area contributed by atoms with Crippen LogP contribution in [0.5, 0.6) is 0 Å². The molecule has 0 aliphatic carbocycles. The Morgan fingerprint density at radius 3 is 2.62 bits per heavy atom. The maximum atomic E-state index is 12.5. The fourth-order valence-electron chi connectivity index (χ4n) is 2.68. The highest BCUT2D eigenvalue weighted by molar-refractivity contribution is 7.18. The summed E-state index contributed by atoms with van der Waals surface area (Å²) in [5.41, 5.74) is 5.94. The summed E-state index contributed by atoms with van der Waals surface area (Å²) in [6.45, 7) is 4.78. The molecule has 0 atom stereocenters. The zero-order chi connectivity index (χ0) is 14.8. The van der Waals surface area contributed by atoms with E-state index < -0.39 is 0 Å². The van der Waals surface area contributed by atoms with Gasteiger partial charge in [-0.15, -0.1) is 0 Å². The number of likely N-dealkylation sites (tertiary alicyclic amines) is 1. The van der Waals surface area contributed by atoms with E-state index in [1.807, 2.05) is 0 Å². The average molecular weight is 311 g/mol. The fourth-order valence-corrected chi connectivity index (χ4v) is 3.68. The number of rotatable bonds is 2. The van der Waals surface area contributed by atoms with Crippen LogP contribution < -0.4 is 16.0 Å². The van der Waals surface area contributed by atoms with Gasteiger partial charge in [0.05, 0.1) is 6.10 Å². The van der Waals surface area contributed by atoms with Crippen molar-refractivity contribution >= 4 is 28.2 Å². The number of carbonyl (C=O) groups excluding carboxylic acids is 1. The number of thiazole rings is 1. The molecule has 116 valence electrons. The van der Waals surface area contributed by atoms with Crippen molar-refractivity contribution in [2.75, 3.05) is 49.9 Å². The van der Waals surface area contributed by atoms with Crippen LogP contribution in [-0.4, -0.2) is 66.3 Å². The lowest BCUT2D eigenvalue weighted by atomic mass is 10.1. The molecule has 0 bridgehead atoms. The van der Waals surface area contributed by atoms with E-state index in [2.05, 4.69) is 15.2 Å². The number of hydrogen-bond acceptors (Lipinski definition) is 7. The minimum absolute atomic E-state index is 0.0571. The van der Waals surface area contributed by atoms with Gasteiger partial charge < -0.3 is 26.0 Å². The Hall–Kier alpha value is -1.38. The summed E-state index contributed by atoms with van der Waals surface area (Å²) in [5.74, 6) is 0.267. The largest absolute Gasteiger partial charge is 0.393 e. The Kier molecular flexibility index (Phi) is 4.27. The summed E-state index contributed by atoms with van der Waals surface area (Å²) in [6, 6.07) is 0. The van der Waals surface area contributed by atoms with Gasteiger partial charge in [-0.3, -0.25) is 4.79 Å². The van der Waals surface area contributed by atoms with Gasteiger partial charge in [0.15, 0.2) is 5.13 Å². The molecule has 0 spiro atoms. The van der Waals surface area contributed by atoms with Gasteiger partial charge in [0, 0.05) is 39.3 Å². The van der Waals surface area contributed by atoms with E-state index in [1.54, 1.807) is 4.90 Å². The summed E-state index contributed by atoms with van der Waals surface area (Å²) in [5, 5.41) is 13.6. The molecule has 1 aromatic heterocycles. The van der Waals surface area contributed by atoms with Crippen LogP contribution in [-0.2, 0) is 0 Å². The third-order valence-corrected chi connectivity index (χ3v) is 5.10. The summed E-state index contributed by atoms with van der Waals surface area (Å²) < 4.78 is 0. The number of nitrogens with zero attached hydrogens (tertiary/aromatic N) is 3.